The highest BCUT2D eigenvalue weighted by atomic mass is 19.2. The second kappa shape index (κ2) is 17.2. The van der Waals surface area contributed by atoms with Gasteiger partial charge in [-0.2, -0.15) is 4.39 Å². The summed E-state index contributed by atoms with van der Waals surface area (Å²) < 4.78 is 34.2. The normalized spacial score (nSPS) is 11.1. The van der Waals surface area contributed by atoms with Gasteiger partial charge in [0.05, 0.1) is 5.56 Å². The van der Waals surface area contributed by atoms with E-state index >= 15 is 0 Å². The van der Waals surface area contributed by atoms with Gasteiger partial charge in [-0.1, -0.05) is 109 Å². The SMILES string of the molecule is CCCCCCCCCc1ccc(C(=O)Oc2ccc(CCCCCCCCC)c(F)c2F)cc1. The minimum absolute atomic E-state index is 0.334. The van der Waals surface area contributed by atoms with Crippen LogP contribution < -0.4 is 4.74 Å². The number of hydrogen-bond donors (Lipinski definition) is 0. The van der Waals surface area contributed by atoms with E-state index in [4.69, 9.17) is 4.74 Å². The first-order chi connectivity index (χ1) is 17.1. The van der Waals surface area contributed by atoms with Crippen LogP contribution in [0, 0.1) is 11.6 Å². The fourth-order valence-corrected chi connectivity index (χ4v) is 4.37. The Hall–Kier alpha value is -2.23. The molecule has 0 heterocycles. The Morgan fingerprint density at radius 2 is 1.14 bits per heavy atom. The first kappa shape index (κ1) is 29.0. The number of rotatable bonds is 18. The number of hydrogen-bond acceptors (Lipinski definition) is 2. The molecule has 2 nitrogen and oxygen atoms in total. The van der Waals surface area contributed by atoms with Gasteiger partial charge in [-0.25, -0.2) is 9.18 Å². The molecular formula is C31H44F2O2. The summed E-state index contributed by atoms with van der Waals surface area (Å²) in [5.41, 5.74) is 1.84. The highest BCUT2D eigenvalue weighted by molar-refractivity contribution is 5.91. The van der Waals surface area contributed by atoms with Crippen LogP contribution >= 0.6 is 0 Å². The fraction of sp³-hybridized carbons (Fsp3) is 0.581. The van der Waals surface area contributed by atoms with Crippen molar-refractivity contribution in [2.24, 2.45) is 0 Å². The molecule has 2 rings (SSSR count). The lowest BCUT2D eigenvalue weighted by Crippen LogP contribution is -2.11. The van der Waals surface area contributed by atoms with E-state index in [1.165, 1.54) is 81.9 Å². The van der Waals surface area contributed by atoms with E-state index in [-0.39, 0.29) is 5.75 Å². The number of carbonyl (C=O) groups is 1. The van der Waals surface area contributed by atoms with Gasteiger partial charge in [0.2, 0.25) is 5.82 Å². The van der Waals surface area contributed by atoms with Crippen molar-refractivity contribution in [2.45, 2.75) is 117 Å². The molecule has 0 N–H and O–H groups in total. The van der Waals surface area contributed by atoms with Gasteiger partial charge in [0.1, 0.15) is 0 Å². The molecule has 35 heavy (non-hydrogen) atoms. The van der Waals surface area contributed by atoms with Crippen molar-refractivity contribution in [1.29, 1.82) is 0 Å². The molecule has 0 saturated carbocycles. The monoisotopic (exact) mass is 486 g/mol. The van der Waals surface area contributed by atoms with Crippen LogP contribution in [0.25, 0.3) is 0 Å². The van der Waals surface area contributed by atoms with E-state index in [2.05, 4.69) is 13.8 Å². The third kappa shape index (κ3) is 10.9. The Morgan fingerprint density at radius 1 is 0.629 bits per heavy atom. The van der Waals surface area contributed by atoms with Gasteiger partial charge in [-0.15, -0.1) is 0 Å². The minimum Gasteiger partial charge on any atom is -0.420 e. The largest absolute Gasteiger partial charge is 0.420 e. The van der Waals surface area contributed by atoms with E-state index in [1.54, 1.807) is 12.1 Å². The maximum Gasteiger partial charge on any atom is 0.343 e. The van der Waals surface area contributed by atoms with Crippen molar-refractivity contribution in [1.82, 2.24) is 0 Å². The molecule has 0 aliphatic rings. The summed E-state index contributed by atoms with van der Waals surface area (Å²) in [6.07, 6.45) is 18.1. The topological polar surface area (TPSA) is 26.3 Å². The van der Waals surface area contributed by atoms with Crippen molar-refractivity contribution in [2.75, 3.05) is 0 Å². The van der Waals surface area contributed by atoms with Crippen LogP contribution in [0.15, 0.2) is 36.4 Å². The summed E-state index contributed by atoms with van der Waals surface area (Å²) >= 11 is 0. The number of unbranched alkanes of at least 4 members (excludes halogenated alkanes) is 12. The predicted octanol–water partition coefficient (Wildman–Crippen LogP) is 9.77. The first-order valence-electron chi connectivity index (χ1n) is 13.8. The second-order valence-electron chi connectivity index (χ2n) is 9.68. The number of ether oxygens (including phenoxy) is 1. The summed E-state index contributed by atoms with van der Waals surface area (Å²) in [6, 6.07) is 10.1. The standard InChI is InChI=1S/C31H44F2O2/c1-3-5-7-9-11-13-15-17-25-19-21-27(22-20-25)31(34)35-28-24-23-26(29(32)30(28)33)18-16-14-12-10-8-6-4-2/h19-24H,3-18H2,1-2H3. The molecule has 0 radical (unpaired) electrons. The molecular weight excluding hydrogens is 442 g/mol. The smallest absolute Gasteiger partial charge is 0.343 e. The lowest BCUT2D eigenvalue weighted by atomic mass is 10.0. The molecule has 0 bridgehead atoms. The molecule has 0 atom stereocenters. The molecule has 2 aromatic rings. The van der Waals surface area contributed by atoms with E-state index in [0.717, 1.165) is 32.1 Å². The van der Waals surface area contributed by atoms with E-state index in [1.807, 2.05) is 12.1 Å². The van der Waals surface area contributed by atoms with Gasteiger partial charge < -0.3 is 4.74 Å². The molecule has 0 aliphatic heterocycles. The number of esters is 1. The molecule has 0 spiro atoms. The first-order valence-corrected chi connectivity index (χ1v) is 13.8. The molecule has 0 amide bonds. The Labute approximate surface area is 211 Å². The average molecular weight is 487 g/mol. The van der Waals surface area contributed by atoms with Gasteiger partial charge in [-0.3, -0.25) is 0 Å². The zero-order valence-corrected chi connectivity index (χ0v) is 21.9. The van der Waals surface area contributed by atoms with Crippen molar-refractivity contribution >= 4 is 5.97 Å². The summed E-state index contributed by atoms with van der Waals surface area (Å²) in [6.45, 7) is 4.41. The van der Waals surface area contributed by atoms with Crippen molar-refractivity contribution in [3.63, 3.8) is 0 Å². The molecule has 0 fully saturated rings. The summed E-state index contributed by atoms with van der Waals surface area (Å²) in [7, 11) is 0. The molecule has 0 unspecified atom stereocenters. The predicted molar refractivity (Wildman–Crippen MR) is 141 cm³/mol. The van der Waals surface area contributed by atoms with E-state index in [9.17, 15) is 13.6 Å². The van der Waals surface area contributed by atoms with Crippen LogP contribution in [0.4, 0.5) is 8.78 Å². The van der Waals surface area contributed by atoms with Gasteiger partial charge in [0, 0.05) is 0 Å². The maximum absolute atomic E-state index is 14.5. The molecule has 0 saturated heterocycles. The Bertz CT molecular complexity index is 861. The lowest BCUT2D eigenvalue weighted by molar-refractivity contribution is 0.0726. The molecule has 0 aromatic heterocycles. The van der Waals surface area contributed by atoms with Crippen molar-refractivity contribution < 1.29 is 18.3 Å². The number of halogens is 2. The Kier molecular flexibility index (Phi) is 14.3. The van der Waals surface area contributed by atoms with Crippen LogP contribution in [0.5, 0.6) is 5.75 Å². The highest BCUT2D eigenvalue weighted by Crippen LogP contribution is 2.25. The third-order valence-corrected chi connectivity index (χ3v) is 6.64. The molecule has 0 aliphatic carbocycles. The summed E-state index contributed by atoms with van der Waals surface area (Å²) in [5, 5.41) is 0. The zero-order chi connectivity index (χ0) is 25.3. The molecule has 4 heteroatoms. The number of benzene rings is 2. The Balaban J connectivity index is 1.78. The van der Waals surface area contributed by atoms with Crippen molar-refractivity contribution in [3.8, 4) is 5.75 Å². The lowest BCUT2D eigenvalue weighted by Gasteiger charge is -2.10. The maximum atomic E-state index is 14.5. The Morgan fingerprint density at radius 3 is 1.71 bits per heavy atom. The van der Waals surface area contributed by atoms with Crippen molar-refractivity contribution in [3.05, 3.63) is 64.7 Å². The summed E-state index contributed by atoms with van der Waals surface area (Å²) in [4.78, 5) is 12.5. The van der Waals surface area contributed by atoms with Gasteiger partial charge in [0.15, 0.2) is 11.6 Å². The molecule has 194 valence electrons. The number of carbonyl (C=O) groups excluding carboxylic acids is 1. The van der Waals surface area contributed by atoms with Crippen LogP contribution in [-0.2, 0) is 12.8 Å². The second-order valence-corrected chi connectivity index (χ2v) is 9.68. The molecule has 2 aromatic carbocycles. The highest BCUT2D eigenvalue weighted by Gasteiger charge is 2.18. The van der Waals surface area contributed by atoms with Crippen LogP contribution in [-0.4, -0.2) is 5.97 Å². The minimum atomic E-state index is -1.09. The summed E-state index contributed by atoms with van der Waals surface area (Å²) in [5.74, 6) is -3.03. The fourth-order valence-electron chi connectivity index (χ4n) is 4.37. The third-order valence-electron chi connectivity index (χ3n) is 6.64. The van der Waals surface area contributed by atoms with Gasteiger partial charge in [-0.05, 0) is 55.0 Å². The van der Waals surface area contributed by atoms with Crippen LogP contribution in [0.1, 0.15) is 125 Å². The van der Waals surface area contributed by atoms with Crippen LogP contribution in [0.2, 0.25) is 0 Å². The van der Waals surface area contributed by atoms with Gasteiger partial charge in [0.25, 0.3) is 0 Å². The van der Waals surface area contributed by atoms with E-state index < -0.39 is 17.6 Å². The quantitative estimate of drug-likeness (QED) is 0.119. The van der Waals surface area contributed by atoms with Crippen LogP contribution in [0.3, 0.4) is 0 Å². The number of aryl methyl sites for hydroxylation is 2. The average Bonchev–Trinajstić information content (AvgIpc) is 2.87. The van der Waals surface area contributed by atoms with Gasteiger partial charge >= 0.3 is 5.97 Å². The van der Waals surface area contributed by atoms with E-state index in [0.29, 0.717) is 17.5 Å². The zero-order valence-electron chi connectivity index (χ0n) is 21.9.